The first-order valence-corrected chi connectivity index (χ1v) is 7.10. The zero-order chi connectivity index (χ0) is 16.2. The average molecular weight is 295 g/mol. The van der Waals surface area contributed by atoms with E-state index in [4.69, 9.17) is 4.74 Å². The molecule has 2 aromatic rings. The van der Waals surface area contributed by atoms with Crippen LogP contribution in [0.3, 0.4) is 0 Å². The molecule has 2 aromatic carbocycles. The lowest BCUT2D eigenvalue weighted by molar-refractivity contribution is 0.122. The number of benzene rings is 2. The summed E-state index contributed by atoms with van der Waals surface area (Å²) in [6.45, 7) is 1.71. The molecule has 114 valence electrons. The number of hydrogen-bond donors (Lipinski definition) is 1. The molecule has 0 bridgehead atoms. The number of anilines is 1. The molecule has 22 heavy (non-hydrogen) atoms. The summed E-state index contributed by atoms with van der Waals surface area (Å²) >= 11 is 0. The number of rotatable bonds is 3. The van der Waals surface area contributed by atoms with E-state index >= 15 is 0 Å². The Kier molecular flexibility index (Phi) is 4.75. The molecule has 0 spiro atoms. The van der Waals surface area contributed by atoms with Crippen molar-refractivity contribution in [2.75, 3.05) is 26.1 Å². The first kappa shape index (κ1) is 15.9. The van der Waals surface area contributed by atoms with Gasteiger partial charge in [0, 0.05) is 30.9 Å². The Morgan fingerprint density at radius 2 is 1.68 bits per heavy atom. The van der Waals surface area contributed by atoms with E-state index in [2.05, 4.69) is 11.8 Å². The van der Waals surface area contributed by atoms with Gasteiger partial charge in [-0.1, -0.05) is 30.0 Å². The lowest BCUT2D eigenvalue weighted by Gasteiger charge is -2.24. The fourth-order valence-electron chi connectivity index (χ4n) is 2.21. The maximum atomic E-state index is 10.8. The maximum Gasteiger partial charge on any atom is 0.150 e. The summed E-state index contributed by atoms with van der Waals surface area (Å²) in [6, 6.07) is 15.2. The van der Waals surface area contributed by atoms with Gasteiger partial charge < -0.3 is 14.7 Å². The van der Waals surface area contributed by atoms with Crippen LogP contribution >= 0.6 is 0 Å². The van der Waals surface area contributed by atoms with E-state index in [1.54, 1.807) is 14.0 Å². The second kappa shape index (κ2) is 6.55. The zero-order valence-corrected chi connectivity index (χ0v) is 13.4. The van der Waals surface area contributed by atoms with Crippen LogP contribution in [0.25, 0.3) is 0 Å². The molecule has 3 heteroatoms. The summed E-state index contributed by atoms with van der Waals surface area (Å²) in [7, 11) is 5.53. The summed E-state index contributed by atoms with van der Waals surface area (Å²) in [5.74, 6) is 6.78. The van der Waals surface area contributed by atoms with Crippen LogP contribution in [0.4, 0.5) is 5.69 Å². The van der Waals surface area contributed by atoms with Crippen molar-refractivity contribution < 1.29 is 9.84 Å². The highest BCUT2D eigenvalue weighted by molar-refractivity contribution is 5.57. The molecular weight excluding hydrogens is 274 g/mol. The van der Waals surface area contributed by atoms with Crippen LogP contribution in [-0.4, -0.2) is 26.3 Å². The minimum absolute atomic E-state index is 0.787. The molecule has 2 rings (SSSR count). The van der Waals surface area contributed by atoms with Crippen molar-refractivity contribution in [3.63, 3.8) is 0 Å². The third kappa shape index (κ3) is 3.60. The monoisotopic (exact) mass is 295 g/mol. The van der Waals surface area contributed by atoms with E-state index in [9.17, 15) is 5.11 Å². The van der Waals surface area contributed by atoms with Gasteiger partial charge in [-0.2, -0.15) is 0 Å². The second-order valence-electron chi connectivity index (χ2n) is 5.46. The zero-order valence-electron chi connectivity index (χ0n) is 13.4. The Balaban J connectivity index is 2.33. The number of ether oxygens (including phenoxy) is 1. The second-order valence-corrected chi connectivity index (χ2v) is 5.46. The first-order valence-electron chi connectivity index (χ1n) is 7.10. The van der Waals surface area contributed by atoms with Crippen molar-refractivity contribution in [3.8, 4) is 17.6 Å². The Bertz CT molecular complexity index is 691. The Morgan fingerprint density at radius 3 is 2.27 bits per heavy atom. The topological polar surface area (TPSA) is 32.7 Å². The lowest BCUT2D eigenvalue weighted by Crippen LogP contribution is -2.23. The van der Waals surface area contributed by atoms with Gasteiger partial charge in [-0.15, -0.1) is 0 Å². The largest absolute Gasteiger partial charge is 0.497 e. The molecular formula is C19H21NO2. The molecule has 0 amide bonds. The van der Waals surface area contributed by atoms with Gasteiger partial charge in [0.2, 0.25) is 0 Å². The Labute approximate surface area is 132 Å². The van der Waals surface area contributed by atoms with Gasteiger partial charge in [-0.3, -0.25) is 0 Å². The maximum absolute atomic E-state index is 10.8. The van der Waals surface area contributed by atoms with Crippen molar-refractivity contribution in [1.82, 2.24) is 0 Å². The molecule has 0 heterocycles. The number of methoxy groups -OCH3 is 1. The van der Waals surface area contributed by atoms with Crippen LogP contribution in [0.2, 0.25) is 0 Å². The summed E-state index contributed by atoms with van der Waals surface area (Å²) < 4.78 is 5.12. The fraction of sp³-hybridized carbons (Fsp3) is 0.263. The van der Waals surface area contributed by atoms with E-state index in [-0.39, 0.29) is 0 Å². The van der Waals surface area contributed by atoms with Crippen LogP contribution < -0.4 is 9.64 Å². The molecule has 1 atom stereocenters. The molecule has 1 unspecified atom stereocenters. The molecule has 0 radical (unpaired) electrons. The van der Waals surface area contributed by atoms with Crippen LogP contribution in [0.1, 0.15) is 18.1 Å². The van der Waals surface area contributed by atoms with Gasteiger partial charge in [0.25, 0.3) is 0 Å². The van der Waals surface area contributed by atoms with Crippen molar-refractivity contribution >= 4 is 5.69 Å². The quantitative estimate of drug-likeness (QED) is 0.884. The molecule has 0 saturated carbocycles. The van der Waals surface area contributed by atoms with Gasteiger partial charge in [-0.05, 0) is 37.3 Å². The molecule has 0 aliphatic rings. The fourth-order valence-corrected chi connectivity index (χ4v) is 2.21. The summed E-state index contributed by atoms with van der Waals surface area (Å²) in [4.78, 5) is 1.97. The molecule has 0 saturated heterocycles. The highest BCUT2D eigenvalue weighted by atomic mass is 16.5. The average Bonchev–Trinajstić information content (AvgIpc) is 2.53. The van der Waals surface area contributed by atoms with Crippen molar-refractivity contribution in [2.45, 2.75) is 12.5 Å². The Morgan fingerprint density at radius 1 is 1.05 bits per heavy atom. The highest BCUT2D eigenvalue weighted by Gasteiger charge is 2.24. The molecule has 0 aliphatic carbocycles. The van der Waals surface area contributed by atoms with E-state index in [0.29, 0.717) is 0 Å². The van der Waals surface area contributed by atoms with Gasteiger partial charge in [0.15, 0.2) is 5.60 Å². The van der Waals surface area contributed by atoms with Crippen molar-refractivity contribution in [3.05, 3.63) is 59.7 Å². The standard InChI is InChI=1S/C19H21NO2/c1-19(21,17-7-5-6-8-18(17)20(2)3)14-13-15-9-11-16(22-4)12-10-15/h5-12,21H,1-4H3. The highest BCUT2D eigenvalue weighted by Crippen LogP contribution is 2.29. The Hall–Kier alpha value is -2.44. The van der Waals surface area contributed by atoms with Gasteiger partial charge in [-0.25, -0.2) is 0 Å². The molecule has 0 aromatic heterocycles. The lowest BCUT2D eigenvalue weighted by atomic mass is 9.94. The number of aliphatic hydroxyl groups is 1. The molecule has 1 N–H and O–H groups in total. The number of hydrogen-bond acceptors (Lipinski definition) is 3. The smallest absolute Gasteiger partial charge is 0.150 e. The third-order valence-corrected chi connectivity index (χ3v) is 3.45. The predicted molar refractivity (Wildman–Crippen MR) is 90.2 cm³/mol. The minimum Gasteiger partial charge on any atom is -0.497 e. The number of para-hydroxylation sites is 1. The SMILES string of the molecule is COc1ccc(C#CC(C)(O)c2ccccc2N(C)C)cc1. The third-order valence-electron chi connectivity index (χ3n) is 3.45. The van der Waals surface area contributed by atoms with E-state index in [1.165, 1.54) is 0 Å². The summed E-state index contributed by atoms with van der Waals surface area (Å²) in [5, 5.41) is 10.8. The molecule has 0 fully saturated rings. The van der Waals surface area contributed by atoms with Crippen LogP contribution in [0.15, 0.2) is 48.5 Å². The van der Waals surface area contributed by atoms with Gasteiger partial charge in [0.05, 0.1) is 7.11 Å². The predicted octanol–water partition coefficient (Wildman–Crippen LogP) is 3.02. The number of nitrogens with zero attached hydrogens (tertiary/aromatic N) is 1. The van der Waals surface area contributed by atoms with Crippen LogP contribution in [-0.2, 0) is 5.60 Å². The summed E-state index contributed by atoms with van der Waals surface area (Å²) in [6.07, 6.45) is 0. The van der Waals surface area contributed by atoms with E-state index in [1.807, 2.05) is 67.5 Å². The molecule has 0 aliphatic heterocycles. The van der Waals surface area contributed by atoms with E-state index < -0.39 is 5.60 Å². The minimum atomic E-state index is -1.22. The van der Waals surface area contributed by atoms with Crippen LogP contribution in [0.5, 0.6) is 5.75 Å². The first-order chi connectivity index (χ1) is 10.4. The van der Waals surface area contributed by atoms with Crippen molar-refractivity contribution in [1.29, 1.82) is 0 Å². The summed E-state index contributed by atoms with van der Waals surface area (Å²) in [5.41, 5.74) is 1.36. The van der Waals surface area contributed by atoms with Gasteiger partial charge in [0.1, 0.15) is 5.75 Å². The van der Waals surface area contributed by atoms with Crippen molar-refractivity contribution in [2.24, 2.45) is 0 Å². The van der Waals surface area contributed by atoms with Gasteiger partial charge >= 0.3 is 0 Å². The normalized spacial score (nSPS) is 12.8. The van der Waals surface area contributed by atoms with Crippen LogP contribution in [0, 0.1) is 11.8 Å². The molecule has 3 nitrogen and oxygen atoms in total. The van der Waals surface area contributed by atoms with E-state index in [0.717, 1.165) is 22.6 Å².